The highest BCUT2D eigenvalue weighted by atomic mass is 32.1. The first-order chi connectivity index (χ1) is 10.7. The van der Waals surface area contributed by atoms with Gasteiger partial charge >= 0.3 is 6.09 Å². The van der Waals surface area contributed by atoms with Gasteiger partial charge in [-0.25, -0.2) is 9.78 Å². The summed E-state index contributed by atoms with van der Waals surface area (Å²) in [6, 6.07) is 16.7. The number of aromatic nitrogens is 1. The third kappa shape index (κ3) is 3.22. The Bertz CT molecular complexity index is 853. The number of carbonyl (C=O) groups is 1. The van der Waals surface area contributed by atoms with Crippen LogP contribution in [0.1, 0.15) is 11.1 Å². The normalized spacial score (nSPS) is 10.1. The van der Waals surface area contributed by atoms with E-state index in [1.54, 1.807) is 18.2 Å². The van der Waals surface area contributed by atoms with Crippen LogP contribution in [0.3, 0.4) is 0 Å². The highest BCUT2D eigenvalue weighted by molar-refractivity contribution is 7.22. The summed E-state index contributed by atoms with van der Waals surface area (Å²) in [6.07, 6.45) is -0.552. The number of ether oxygens (including phenoxy) is 1. The Balaban J connectivity index is 1.65. The lowest BCUT2D eigenvalue weighted by Gasteiger charge is -2.04. The van der Waals surface area contributed by atoms with Crippen molar-refractivity contribution in [3.8, 4) is 6.07 Å². The highest BCUT2D eigenvalue weighted by Crippen LogP contribution is 2.26. The number of benzene rings is 2. The van der Waals surface area contributed by atoms with Crippen molar-refractivity contribution in [2.75, 3.05) is 5.32 Å². The molecular weight excluding hydrogens is 298 g/mol. The molecule has 0 bridgehead atoms. The van der Waals surface area contributed by atoms with Crippen LogP contribution in [-0.4, -0.2) is 11.1 Å². The van der Waals surface area contributed by atoms with E-state index in [1.807, 2.05) is 30.3 Å². The summed E-state index contributed by atoms with van der Waals surface area (Å²) in [5, 5.41) is 11.9. The molecule has 0 atom stereocenters. The maximum absolute atomic E-state index is 11.8. The van der Waals surface area contributed by atoms with E-state index in [2.05, 4.69) is 16.4 Å². The fourth-order valence-corrected chi connectivity index (χ4v) is 2.78. The van der Waals surface area contributed by atoms with E-state index in [0.29, 0.717) is 10.7 Å². The molecule has 0 fully saturated rings. The molecule has 0 aliphatic heterocycles. The van der Waals surface area contributed by atoms with Gasteiger partial charge in [-0.15, -0.1) is 0 Å². The number of amides is 1. The van der Waals surface area contributed by atoms with Crippen LogP contribution in [0.25, 0.3) is 10.2 Å². The number of nitrogens with zero attached hydrogens (tertiary/aromatic N) is 2. The Kier molecular flexibility index (Phi) is 3.99. The number of nitrogens with one attached hydrogen (secondary N) is 1. The van der Waals surface area contributed by atoms with Crippen LogP contribution in [0.5, 0.6) is 0 Å². The molecule has 5 nitrogen and oxygen atoms in total. The van der Waals surface area contributed by atoms with Crippen molar-refractivity contribution in [2.45, 2.75) is 6.61 Å². The van der Waals surface area contributed by atoms with Gasteiger partial charge in [0.1, 0.15) is 6.61 Å². The molecule has 6 heteroatoms. The van der Waals surface area contributed by atoms with Crippen molar-refractivity contribution in [1.29, 1.82) is 5.26 Å². The predicted molar refractivity (Wildman–Crippen MR) is 84.6 cm³/mol. The summed E-state index contributed by atoms with van der Waals surface area (Å²) in [4.78, 5) is 16.0. The molecule has 1 aromatic heterocycles. The minimum absolute atomic E-state index is 0.205. The first kappa shape index (κ1) is 14.0. The molecule has 0 unspecified atom stereocenters. The zero-order valence-electron chi connectivity index (χ0n) is 11.4. The minimum atomic E-state index is -0.552. The van der Waals surface area contributed by atoms with E-state index in [4.69, 9.17) is 10.00 Å². The average Bonchev–Trinajstić information content (AvgIpc) is 2.95. The van der Waals surface area contributed by atoms with Crippen molar-refractivity contribution in [1.82, 2.24) is 4.98 Å². The zero-order chi connectivity index (χ0) is 15.4. The quantitative estimate of drug-likeness (QED) is 0.795. The van der Waals surface area contributed by atoms with Crippen LogP contribution in [0, 0.1) is 11.3 Å². The molecule has 0 saturated heterocycles. The van der Waals surface area contributed by atoms with Gasteiger partial charge in [0.25, 0.3) is 0 Å². The van der Waals surface area contributed by atoms with Crippen molar-refractivity contribution < 1.29 is 9.53 Å². The Morgan fingerprint density at radius 3 is 2.86 bits per heavy atom. The number of fused-ring (bicyclic) bond motifs is 1. The first-order valence-corrected chi connectivity index (χ1v) is 7.34. The van der Waals surface area contributed by atoms with Crippen LogP contribution >= 0.6 is 11.3 Å². The van der Waals surface area contributed by atoms with E-state index < -0.39 is 6.09 Å². The van der Waals surface area contributed by atoms with E-state index in [-0.39, 0.29) is 6.61 Å². The van der Waals surface area contributed by atoms with Gasteiger partial charge in [-0.3, -0.25) is 5.32 Å². The van der Waals surface area contributed by atoms with Gasteiger partial charge in [0.05, 0.1) is 21.8 Å². The number of nitriles is 1. The van der Waals surface area contributed by atoms with Gasteiger partial charge in [0.2, 0.25) is 0 Å². The summed E-state index contributed by atoms with van der Waals surface area (Å²) in [5.74, 6) is 0. The average molecular weight is 309 g/mol. The number of carbonyl (C=O) groups excluding carboxylic acids is 1. The second-order valence-electron chi connectivity index (χ2n) is 4.50. The smallest absolute Gasteiger partial charge is 0.413 e. The van der Waals surface area contributed by atoms with Crippen molar-refractivity contribution in [3.63, 3.8) is 0 Å². The van der Waals surface area contributed by atoms with E-state index >= 15 is 0 Å². The Hall–Kier alpha value is -2.91. The topological polar surface area (TPSA) is 75.0 Å². The molecule has 0 spiro atoms. The van der Waals surface area contributed by atoms with E-state index in [0.717, 1.165) is 15.8 Å². The highest BCUT2D eigenvalue weighted by Gasteiger charge is 2.09. The van der Waals surface area contributed by atoms with Gasteiger partial charge in [-0.2, -0.15) is 5.26 Å². The summed E-state index contributed by atoms with van der Waals surface area (Å²) in [5.41, 5.74) is 2.22. The van der Waals surface area contributed by atoms with Crippen LogP contribution in [-0.2, 0) is 11.3 Å². The van der Waals surface area contributed by atoms with E-state index in [9.17, 15) is 4.79 Å². The molecule has 0 radical (unpaired) electrons. The molecule has 3 rings (SSSR count). The fraction of sp³-hybridized carbons (Fsp3) is 0.0625. The standard InChI is InChI=1S/C16H11N3O2S/c17-9-12-6-7-13-14(8-12)22-15(18-13)19-16(20)21-10-11-4-2-1-3-5-11/h1-8H,10H2,(H,18,19,20). The number of rotatable bonds is 3. The molecule has 3 aromatic rings. The summed E-state index contributed by atoms with van der Waals surface area (Å²) in [6.45, 7) is 0.205. The third-order valence-corrected chi connectivity index (χ3v) is 3.87. The first-order valence-electron chi connectivity index (χ1n) is 6.53. The molecule has 2 aromatic carbocycles. The lowest BCUT2D eigenvalue weighted by molar-refractivity contribution is 0.155. The van der Waals surface area contributed by atoms with Crippen molar-refractivity contribution in [2.24, 2.45) is 0 Å². The molecule has 108 valence electrons. The lowest BCUT2D eigenvalue weighted by atomic mass is 10.2. The number of anilines is 1. The molecule has 1 N–H and O–H groups in total. The Morgan fingerprint density at radius 2 is 2.09 bits per heavy atom. The maximum Gasteiger partial charge on any atom is 0.413 e. The van der Waals surface area contributed by atoms with Gasteiger partial charge < -0.3 is 4.74 Å². The van der Waals surface area contributed by atoms with Crippen LogP contribution < -0.4 is 5.32 Å². The SMILES string of the molecule is N#Cc1ccc2nc(NC(=O)OCc3ccccc3)sc2c1. The lowest BCUT2D eigenvalue weighted by Crippen LogP contribution is -2.13. The molecule has 0 saturated carbocycles. The number of thiazole rings is 1. The fourth-order valence-electron chi connectivity index (χ4n) is 1.89. The Labute approximate surface area is 130 Å². The second-order valence-corrected chi connectivity index (χ2v) is 5.53. The largest absolute Gasteiger partial charge is 0.444 e. The van der Waals surface area contributed by atoms with Gasteiger partial charge in [-0.05, 0) is 23.8 Å². The maximum atomic E-state index is 11.8. The van der Waals surface area contributed by atoms with Gasteiger partial charge in [-0.1, -0.05) is 41.7 Å². The summed E-state index contributed by atoms with van der Waals surface area (Å²) in [7, 11) is 0. The van der Waals surface area contributed by atoms with Crippen molar-refractivity contribution in [3.05, 3.63) is 59.7 Å². The van der Waals surface area contributed by atoms with Crippen LogP contribution in [0.4, 0.5) is 9.93 Å². The third-order valence-electron chi connectivity index (χ3n) is 2.94. The summed E-state index contributed by atoms with van der Waals surface area (Å²) >= 11 is 1.30. The molecule has 22 heavy (non-hydrogen) atoms. The van der Waals surface area contributed by atoms with Crippen molar-refractivity contribution >= 4 is 32.8 Å². The zero-order valence-corrected chi connectivity index (χ0v) is 12.3. The van der Waals surface area contributed by atoms with Crippen LogP contribution in [0.15, 0.2) is 48.5 Å². The number of hydrogen-bond donors (Lipinski definition) is 1. The monoisotopic (exact) mass is 309 g/mol. The van der Waals surface area contributed by atoms with Gasteiger partial charge in [0.15, 0.2) is 5.13 Å². The van der Waals surface area contributed by atoms with E-state index in [1.165, 1.54) is 11.3 Å². The predicted octanol–water partition coefficient (Wildman–Crippen LogP) is 3.92. The van der Waals surface area contributed by atoms with Gasteiger partial charge in [0, 0.05) is 0 Å². The molecule has 0 aliphatic rings. The molecule has 0 aliphatic carbocycles. The number of hydrogen-bond acceptors (Lipinski definition) is 5. The van der Waals surface area contributed by atoms with Crippen LogP contribution in [0.2, 0.25) is 0 Å². The minimum Gasteiger partial charge on any atom is -0.444 e. The Morgan fingerprint density at radius 1 is 1.27 bits per heavy atom. The second kappa shape index (κ2) is 6.24. The molecule has 1 heterocycles. The molecular formula is C16H11N3O2S. The summed E-state index contributed by atoms with van der Waals surface area (Å²) < 4.78 is 5.98. The molecule has 1 amide bonds.